The topological polar surface area (TPSA) is 59.4 Å². The molecule has 0 radical (unpaired) electrons. The first kappa shape index (κ1) is 10.1. The number of carbonyl (C=O) groups is 1. The number of aromatic nitrogens is 1. The Morgan fingerprint density at radius 2 is 2.50 bits per heavy atom. The smallest absolute Gasteiger partial charge is 0.317 e. The molecule has 0 spiro atoms. The van der Waals surface area contributed by atoms with Gasteiger partial charge in [0, 0.05) is 6.20 Å². The predicted octanol–water partition coefficient (Wildman–Crippen LogP) is 0.702. The van der Waals surface area contributed by atoms with Gasteiger partial charge in [0.1, 0.15) is 12.2 Å². The highest BCUT2D eigenvalue weighted by Gasteiger charge is 1.97. The molecule has 0 aliphatic heterocycles. The van der Waals surface area contributed by atoms with Gasteiger partial charge in [-0.15, -0.1) is 0 Å². The number of aromatic hydroxyl groups is 1. The van der Waals surface area contributed by atoms with E-state index in [0.717, 1.165) is 0 Å². The van der Waals surface area contributed by atoms with Crippen molar-refractivity contribution in [3.05, 3.63) is 24.0 Å². The Labute approximate surface area is 81.5 Å². The molecule has 0 atom stereocenters. The average molecular weight is 191 g/mol. The van der Waals surface area contributed by atoms with Gasteiger partial charge < -0.3 is 9.84 Å². The lowest BCUT2D eigenvalue weighted by Gasteiger charge is -1.92. The Kier molecular flexibility index (Phi) is 3.50. The summed E-state index contributed by atoms with van der Waals surface area (Å²) in [5.74, 6) is 4.71. The normalized spacial score (nSPS) is 8.64. The first-order valence-electron chi connectivity index (χ1n) is 3.93. The molecule has 1 heterocycles. The molecule has 4 heteroatoms. The van der Waals surface area contributed by atoms with E-state index in [1.165, 1.54) is 19.4 Å². The zero-order valence-electron chi connectivity index (χ0n) is 7.65. The quantitative estimate of drug-likeness (QED) is 0.524. The van der Waals surface area contributed by atoms with Gasteiger partial charge >= 0.3 is 5.97 Å². The van der Waals surface area contributed by atoms with Crippen molar-refractivity contribution in [2.45, 2.75) is 6.42 Å². The predicted molar refractivity (Wildman–Crippen MR) is 49.4 cm³/mol. The van der Waals surface area contributed by atoms with E-state index in [-0.39, 0.29) is 17.9 Å². The molecule has 1 aromatic heterocycles. The molecule has 4 nitrogen and oxygen atoms in total. The molecule has 0 amide bonds. The molecular weight excluding hydrogens is 182 g/mol. The number of esters is 1. The standard InChI is InChI=1S/C10H9NO3/c1-14-10(13)6-2-4-8-9(12)5-3-7-11-8/h3,5,7,12H,6H2,1H3. The summed E-state index contributed by atoms with van der Waals surface area (Å²) in [6.45, 7) is 0. The lowest BCUT2D eigenvalue weighted by atomic mass is 10.3. The fraction of sp³-hybridized carbons (Fsp3) is 0.200. The van der Waals surface area contributed by atoms with E-state index in [2.05, 4.69) is 21.6 Å². The summed E-state index contributed by atoms with van der Waals surface area (Å²) in [7, 11) is 1.29. The number of carbonyl (C=O) groups excluding carboxylic acids is 1. The Hall–Kier alpha value is -2.02. The van der Waals surface area contributed by atoms with Crippen LogP contribution in [0.15, 0.2) is 18.3 Å². The lowest BCUT2D eigenvalue weighted by molar-refractivity contribution is -0.139. The molecule has 72 valence electrons. The SMILES string of the molecule is COC(=O)CC#Cc1ncccc1O. The van der Waals surface area contributed by atoms with Gasteiger partial charge in [-0.1, -0.05) is 5.92 Å². The van der Waals surface area contributed by atoms with Crippen LogP contribution in [0, 0.1) is 11.8 Å². The maximum absolute atomic E-state index is 10.7. The van der Waals surface area contributed by atoms with Gasteiger partial charge in [-0.2, -0.15) is 0 Å². The summed E-state index contributed by atoms with van der Waals surface area (Å²) in [5.41, 5.74) is 0.261. The number of hydrogen-bond donors (Lipinski definition) is 1. The van der Waals surface area contributed by atoms with Gasteiger partial charge in [-0.3, -0.25) is 4.79 Å². The molecule has 0 saturated heterocycles. The summed E-state index contributed by atoms with van der Waals surface area (Å²) in [6.07, 6.45) is 1.51. The van der Waals surface area contributed by atoms with E-state index < -0.39 is 5.97 Å². The average Bonchev–Trinajstić information content (AvgIpc) is 2.20. The number of nitrogens with zero attached hydrogens (tertiary/aromatic N) is 1. The molecule has 1 N–H and O–H groups in total. The van der Waals surface area contributed by atoms with Crippen molar-refractivity contribution in [1.82, 2.24) is 4.98 Å². The van der Waals surface area contributed by atoms with E-state index in [0.29, 0.717) is 0 Å². The lowest BCUT2D eigenvalue weighted by Crippen LogP contribution is -1.97. The number of pyridine rings is 1. The van der Waals surface area contributed by atoms with Crippen LogP contribution in [0.3, 0.4) is 0 Å². The van der Waals surface area contributed by atoms with Gasteiger partial charge in [0.25, 0.3) is 0 Å². The molecule has 1 aromatic rings. The third kappa shape index (κ3) is 2.79. The third-order valence-corrected chi connectivity index (χ3v) is 1.45. The first-order valence-corrected chi connectivity index (χ1v) is 3.93. The molecule has 0 aliphatic rings. The first-order chi connectivity index (χ1) is 6.74. The minimum atomic E-state index is -0.409. The largest absolute Gasteiger partial charge is 0.505 e. The van der Waals surface area contributed by atoms with Crippen LogP contribution in [0.4, 0.5) is 0 Å². The number of rotatable bonds is 1. The second-order valence-corrected chi connectivity index (χ2v) is 2.43. The van der Waals surface area contributed by atoms with Crippen LogP contribution < -0.4 is 0 Å². The van der Waals surface area contributed by atoms with Crippen LogP contribution in [0.25, 0.3) is 0 Å². The van der Waals surface area contributed by atoms with E-state index in [4.69, 9.17) is 0 Å². The monoisotopic (exact) mass is 191 g/mol. The Morgan fingerprint density at radius 1 is 1.71 bits per heavy atom. The van der Waals surface area contributed by atoms with Crippen molar-refractivity contribution >= 4 is 5.97 Å². The minimum Gasteiger partial charge on any atom is -0.505 e. The molecule has 0 saturated carbocycles. The van der Waals surface area contributed by atoms with Crippen LogP contribution in [0.5, 0.6) is 5.75 Å². The zero-order chi connectivity index (χ0) is 10.4. The molecular formula is C10H9NO3. The van der Waals surface area contributed by atoms with Crippen molar-refractivity contribution in [2.24, 2.45) is 0 Å². The summed E-state index contributed by atoms with van der Waals surface area (Å²) < 4.78 is 4.39. The second-order valence-electron chi connectivity index (χ2n) is 2.43. The molecule has 0 bridgehead atoms. The summed E-state index contributed by atoms with van der Waals surface area (Å²) in [6, 6.07) is 3.08. The molecule has 1 rings (SSSR count). The number of hydrogen-bond acceptors (Lipinski definition) is 4. The highest BCUT2D eigenvalue weighted by molar-refractivity contribution is 5.72. The highest BCUT2D eigenvalue weighted by Crippen LogP contribution is 2.10. The summed E-state index contributed by atoms with van der Waals surface area (Å²) in [4.78, 5) is 14.5. The van der Waals surface area contributed by atoms with Gasteiger partial charge in [-0.05, 0) is 18.1 Å². The maximum Gasteiger partial charge on any atom is 0.317 e. The van der Waals surface area contributed by atoms with Gasteiger partial charge in [0.2, 0.25) is 0 Å². The maximum atomic E-state index is 10.7. The molecule has 0 fully saturated rings. The number of methoxy groups -OCH3 is 1. The van der Waals surface area contributed by atoms with Crippen LogP contribution in [0.2, 0.25) is 0 Å². The molecule has 0 aliphatic carbocycles. The van der Waals surface area contributed by atoms with Gasteiger partial charge in [0.05, 0.1) is 7.11 Å². The van der Waals surface area contributed by atoms with Gasteiger partial charge in [0.15, 0.2) is 5.69 Å². The van der Waals surface area contributed by atoms with Crippen molar-refractivity contribution in [1.29, 1.82) is 0 Å². The fourth-order valence-corrected chi connectivity index (χ4v) is 0.765. The molecule has 14 heavy (non-hydrogen) atoms. The Morgan fingerprint density at radius 3 is 3.14 bits per heavy atom. The Balaban J connectivity index is 2.68. The minimum absolute atomic E-state index is 0.00451. The van der Waals surface area contributed by atoms with Crippen molar-refractivity contribution in [3.8, 4) is 17.6 Å². The van der Waals surface area contributed by atoms with Crippen molar-refractivity contribution < 1.29 is 14.6 Å². The second kappa shape index (κ2) is 4.87. The Bertz CT molecular complexity index is 390. The van der Waals surface area contributed by atoms with E-state index in [1.807, 2.05) is 0 Å². The van der Waals surface area contributed by atoms with Crippen molar-refractivity contribution in [3.63, 3.8) is 0 Å². The van der Waals surface area contributed by atoms with Crippen LogP contribution in [-0.4, -0.2) is 23.2 Å². The highest BCUT2D eigenvalue weighted by atomic mass is 16.5. The van der Waals surface area contributed by atoms with Crippen LogP contribution >= 0.6 is 0 Å². The van der Waals surface area contributed by atoms with Crippen LogP contribution in [-0.2, 0) is 9.53 Å². The zero-order valence-corrected chi connectivity index (χ0v) is 7.65. The molecule has 0 aromatic carbocycles. The van der Waals surface area contributed by atoms with Gasteiger partial charge in [-0.25, -0.2) is 4.98 Å². The fourth-order valence-electron chi connectivity index (χ4n) is 0.765. The molecule has 0 unspecified atom stereocenters. The summed E-state index contributed by atoms with van der Waals surface area (Å²) >= 11 is 0. The van der Waals surface area contributed by atoms with Crippen molar-refractivity contribution in [2.75, 3.05) is 7.11 Å². The van der Waals surface area contributed by atoms with Crippen LogP contribution in [0.1, 0.15) is 12.1 Å². The van der Waals surface area contributed by atoms with E-state index in [9.17, 15) is 9.90 Å². The summed E-state index contributed by atoms with van der Waals surface area (Å²) in [5, 5.41) is 9.25. The third-order valence-electron chi connectivity index (χ3n) is 1.45. The van der Waals surface area contributed by atoms with E-state index >= 15 is 0 Å². The van der Waals surface area contributed by atoms with E-state index in [1.54, 1.807) is 6.07 Å². The number of ether oxygens (including phenoxy) is 1.